The van der Waals surface area contributed by atoms with Gasteiger partial charge in [-0.05, 0) is 50.3 Å². The van der Waals surface area contributed by atoms with Gasteiger partial charge in [-0.1, -0.05) is 25.0 Å². The summed E-state index contributed by atoms with van der Waals surface area (Å²) in [7, 11) is 0. The molecule has 122 valence electrons. The predicted molar refractivity (Wildman–Crippen MR) is 97.9 cm³/mol. The first-order valence-corrected chi connectivity index (χ1v) is 9.78. The molecule has 2 N–H and O–H groups in total. The Morgan fingerprint density at radius 1 is 1.13 bits per heavy atom. The molecule has 3 nitrogen and oxygen atoms in total. The molecule has 1 aliphatic carbocycles. The monoisotopic (exact) mass is 327 g/mol. The van der Waals surface area contributed by atoms with Crippen molar-refractivity contribution in [3.8, 4) is 10.6 Å². The molecule has 23 heavy (non-hydrogen) atoms. The summed E-state index contributed by atoms with van der Waals surface area (Å²) in [6.45, 7) is 1.20. The lowest BCUT2D eigenvalue weighted by atomic mass is 9.88. The summed E-state index contributed by atoms with van der Waals surface area (Å²) in [4.78, 5) is 4.43. The molecule has 1 saturated carbocycles. The fourth-order valence-electron chi connectivity index (χ4n) is 4.22. The second-order valence-electron chi connectivity index (χ2n) is 6.82. The summed E-state index contributed by atoms with van der Waals surface area (Å²) < 4.78 is 0. The van der Waals surface area contributed by atoms with Gasteiger partial charge in [0.25, 0.3) is 0 Å². The third-order valence-electron chi connectivity index (χ3n) is 5.33. The molecule has 1 aliphatic heterocycles. The van der Waals surface area contributed by atoms with Crippen LogP contribution in [0.4, 0.5) is 5.69 Å². The highest BCUT2D eigenvalue weighted by Crippen LogP contribution is 2.34. The van der Waals surface area contributed by atoms with Crippen LogP contribution in [0.2, 0.25) is 0 Å². The first kappa shape index (κ1) is 15.2. The molecule has 1 saturated heterocycles. The lowest BCUT2D eigenvalue weighted by Crippen LogP contribution is -2.44. The van der Waals surface area contributed by atoms with E-state index in [1.54, 1.807) is 11.3 Å². The topological polar surface area (TPSA) is 37.0 Å². The summed E-state index contributed by atoms with van der Waals surface area (Å²) >= 11 is 1.70. The molecule has 2 aliphatic rings. The van der Waals surface area contributed by atoms with Crippen molar-refractivity contribution >= 4 is 17.0 Å². The Morgan fingerprint density at radius 2 is 2.13 bits per heavy atom. The van der Waals surface area contributed by atoms with Crippen LogP contribution in [0.5, 0.6) is 0 Å². The Labute approximate surface area is 142 Å². The van der Waals surface area contributed by atoms with E-state index in [-0.39, 0.29) is 0 Å². The standard InChI is InChI=1S/C19H25N3S/c1-2-10-20-17(8-1)16-7-4-9-18(16)22-15-6-3-5-14(13-15)19-21-11-12-23-19/h3,5-6,11-13,16-18,20,22H,1-2,4,7-10H2. The minimum Gasteiger partial charge on any atom is -0.382 e. The smallest absolute Gasteiger partial charge is 0.123 e. The van der Waals surface area contributed by atoms with Crippen molar-refractivity contribution in [1.82, 2.24) is 10.3 Å². The lowest BCUT2D eigenvalue weighted by molar-refractivity contribution is 0.286. The summed E-state index contributed by atoms with van der Waals surface area (Å²) in [6.07, 6.45) is 9.97. The Hall–Kier alpha value is -1.39. The third-order valence-corrected chi connectivity index (χ3v) is 6.15. The van der Waals surface area contributed by atoms with Crippen LogP contribution in [-0.2, 0) is 0 Å². The second kappa shape index (κ2) is 7.02. The average molecular weight is 327 g/mol. The van der Waals surface area contributed by atoms with E-state index in [1.165, 1.54) is 56.3 Å². The number of benzene rings is 1. The van der Waals surface area contributed by atoms with Crippen LogP contribution in [0.15, 0.2) is 35.8 Å². The van der Waals surface area contributed by atoms with Crippen molar-refractivity contribution in [1.29, 1.82) is 0 Å². The quantitative estimate of drug-likeness (QED) is 0.866. The summed E-state index contributed by atoms with van der Waals surface area (Å²) in [5.41, 5.74) is 2.46. The van der Waals surface area contributed by atoms with Crippen LogP contribution in [-0.4, -0.2) is 23.6 Å². The van der Waals surface area contributed by atoms with Gasteiger partial charge in [-0.15, -0.1) is 11.3 Å². The van der Waals surface area contributed by atoms with Gasteiger partial charge >= 0.3 is 0 Å². The predicted octanol–water partition coefficient (Wildman–Crippen LogP) is 4.53. The number of anilines is 1. The molecule has 3 atom stereocenters. The molecule has 1 aromatic carbocycles. The Kier molecular flexibility index (Phi) is 4.62. The van der Waals surface area contributed by atoms with Gasteiger partial charge in [-0.25, -0.2) is 4.98 Å². The number of nitrogens with zero attached hydrogens (tertiary/aromatic N) is 1. The van der Waals surface area contributed by atoms with Gasteiger partial charge < -0.3 is 10.6 Å². The fraction of sp³-hybridized carbons (Fsp3) is 0.526. The minimum atomic E-state index is 0.608. The number of nitrogens with one attached hydrogen (secondary N) is 2. The highest BCUT2D eigenvalue weighted by atomic mass is 32.1. The number of piperidine rings is 1. The van der Waals surface area contributed by atoms with Gasteiger partial charge in [0, 0.05) is 34.9 Å². The van der Waals surface area contributed by atoms with E-state index in [0.717, 1.165) is 10.9 Å². The zero-order valence-corrected chi connectivity index (χ0v) is 14.3. The van der Waals surface area contributed by atoms with E-state index >= 15 is 0 Å². The molecule has 1 aromatic heterocycles. The highest BCUT2D eigenvalue weighted by Gasteiger charge is 2.34. The van der Waals surface area contributed by atoms with E-state index in [2.05, 4.69) is 39.9 Å². The van der Waals surface area contributed by atoms with E-state index in [9.17, 15) is 0 Å². The molecule has 2 fully saturated rings. The molecule has 0 bridgehead atoms. The molecule has 4 rings (SSSR count). The summed E-state index contributed by atoms with van der Waals surface area (Å²) in [5.74, 6) is 0.777. The average Bonchev–Trinajstić information content (AvgIpc) is 3.28. The van der Waals surface area contributed by atoms with Crippen molar-refractivity contribution in [3.63, 3.8) is 0 Å². The maximum atomic E-state index is 4.43. The van der Waals surface area contributed by atoms with Crippen LogP contribution >= 0.6 is 11.3 Å². The van der Waals surface area contributed by atoms with E-state index in [1.807, 2.05) is 11.6 Å². The zero-order valence-electron chi connectivity index (χ0n) is 13.5. The minimum absolute atomic E-state index is 0.608. The van der Waals surface area contributed by atoms with Crippen molar-refractivity contribution < 1.29 is 0 Å². The first-order chi connectivity index (χ1) is 11.4. The van der Waals surface area contributed by atoms with Crippen LogP contribution in [0.3, 0.4) is 0 Å². The number of aromatic nitrogens is 1. The van der Waals surface area contributed by atoms with Crippen LogP contribution in [0.1, 0.15) is 38.5 Å². The van der Waals surface area contributed by atoms with Crippen molar-refractivity contribution in [2.45, 2.75) is 50.6 Å². The maximum absolute atomic E-state index is 4.43. The van der Waals surface area contributed by atoms with Crippen LogP contribution in [0.25, 0.3) is 10.6 Å². The summed E-state index contributed by atoms with van der Waals surface area (Å²) in [6, 6.07) is 10.1. The normalized spacial score (nSPS) is 27.9. The van der Waals surface area contributed by atoms with E-state index < -0.39 is 0 Å². The fourth-order valence-corrected chi connectivity index (χ4v) is 4.85. The molecule has 4 heteroatoms. The van der Waals surface area contributed by atoms with Gasteiger partial charge in [0.2, 0.25) is 0 Å². The molecule has 0 amide bonds. The van der Waals surface area contributed by atoms with E-state index in [0.29, 0.717) is 12.1 Å². The molecule has 0 radical (unpaired) electrons. The van der Waals surface area contributed by atoms with Crippen molar-refractivity contribution in [2.24, 2.45) is 5.92 Å². The van der Waals surface area contributed by atoms with Crippen LogP contribution in [0, 0.1) is 5.92 Å². The Bertz CT molecular complexity index is 619. The largest absolute Gasteiger partial charge is 0.382 e. The number of hydrogen-bond acceptors (Lipinski definition) is 4. The zero-order chi connectivity index (χ0) is 15.5. The van der Waals surface area contributed by atoms with Crippen molar-refractivity contribution in [3.05, 3.63) is 35.8 Å². The Morgan fingerprint density at radius 3 is 2.96 bits per heavy atom. The number of rotatable bonds is 4. The second-order valence-corrected chi connectivity index (χ2v) is 7.71. The highest BCUT2D eigenvalue weighted by molar-refractivity contribution is 7.13. The van der Waals surface area contributed by atoms with Gasteiger partial charge in [-0.3, -0.25) is 0 Å². The molecule has 2 heterocycles. The molecular weight excluding hydrogens is 302 g/mol. The molecule has 2 aromatic rings. The lowest BCUT2D eigenvalue weighted by Gasteiger charge is -2.33. The first-order valence-electron chi connectivity index (χ1n) is 8.90. The maximum Gasteiger partial charge on any atom is 0.123 e. The number of thiazole rings is 1. The van der Waals surface area contributed by atoms with Gasteiger partial charge in [0.15, 0.2) is 0 Å². The summed E-state index contributed by atoms with van der Waals surface area (Å²) in [5, 5.41) is 10.7. The Balaban J connectivity index is 1.47. The van der Waals surface area contributed by atoms with Gasteiger partial charge in [-0.2, -0.15) is 0 Å². The van der Waals surface area contributed by atoms with Gasteiger partial charge in [0.1, 0.15) is 5.01 Å². The molecular formula is C19H25N3S. The molecule has 3 unspecified atom stereocenters. The number of hydrogen-bond donors (Lipinski definition) is 2. The van der Waals surface area contributed by atoms with Gasteiger partial charge in [0.05, 0.1) is 0 Å². The van der Waals surface area contributed by atoms with Crippen molar-refractivity contribution in [2.75, 3.05) is 11.9 Å². The van der Waals surface area contributed by atoms with Crippen LogP contribution < -0.4 is 10.6 Å². The van der Waals surface area contributed by atoms with E-state index in [4.69, 9.17) is 0 Å². The molecule has 0 spiro atoms. The SMILES string of the molecule is c1cc(NC2CCCC2C2CCCCN2)cc(-c2nccs2)c1. The third kappa shape index (κ3) is 3.43.